The Morgan fingerprint density at radius 1 is 1.36 bits per heavy atom. The van der Waals surface area contributed by atoms with Gasteiger partial charge in [-0.15, -0.1) is 11.6 Å². The number of hydrogen-bond donors (Lipinski definition) is 1. The number of ether oxygens (including phenoxy) is 1. The first-order chi connectivity index (χ1) is 6.81. The zero-order chi connectivity index (χ0) is 10.6. The van der Waals surface area contributed by atoms with Gasteiger partial charge in [0.15, 0.2) is 0 Å². The lowest BCUT2D eigenvalue weighted by molar-refractivity contribution is -0.121. The predicted molar refractivity (Wildman–Crippen MR) is 58.7 cm³/mol. The van der Waals surface area contributed by atoms with Crippen LogP contribution in [0.3, 0.4) is 0 Å². The molecule has 1 amide bonds. The summed E-state index contributed by atoms with van der Waals surface area (Å²) >= 11 is 5.46. The monoisotopic (exact) mass is 221 g/mol. The lowest BCUT2D eigenvalue weighted by Gasteiger charge is -2.04. The Labute approximate surface area is 91.2 Å². The molecular weight excluding hydrogens is 202 g/mol. The summed E-state index contributed by atoms with van der Waals surface area (Å²) in [5.74, 6) is 0.633. The van der Waals surface area contributed by atoms with Crippen molar-refractivity contribution in [1.29, 1.82) is 0 Å². The van der Waals surface area contributed by atoms with E-state index in [0.717, 1.165) is 32.5 Å². The van der Waals surface area contributed by atoms with Gasteiger partial charge in [0.1, 0.15) is 0 Å². The van der Waals surface area contributed by atoms with Crippen LogP contribution >= 0.6 is 11.6 Å². The number of halogens is 1. The SMILES string of the molecule is CCCOCCCNC(=O)CCCCl. The molecule has 0 aromatic rings. The molecule has 4 heteroatoms. The first-order valence-electron chi connectivity index (χ1n) is 5.21. The summed E-state index contributed by atoms with van der Waals surface area (Å²) < 4.78 is 5.27. The molecule has 0 unspecified atom stereocenters. The first-order valence-corrected chi connectivity index (χ1v) is 5.75. The maximum atomic E-state index is 11.1. The second-order valence-electron chi connectivity index (χ2n) is 3.11. The molecule has 0 aliphatic heterocycles. The fourth-order valence-corrected chi connectivity index (χ4v) is 1.10. The lowest BCUT2D eigenvalue weighted by atomic mass is 10.3. The molecule has 0 spiro atoms. The molecule has 84 valence electrons. The molecule has 0 saturated carbocycles. The number of carbonyl (C=O) groups excluding carboxylic acids is 1. The minimum absolute atomic E-state index is 0.0844. The van der Waals surface area contributed by atoms with Gasteiger partial charge in [-0.2, -0.15) is 0 Å². The van der Waals surface area contributed by atoms with Crippen LogP contribution in [0.15, 0.2) is 0 Å². The van der Waals surface area contributed by atoms with Gasteiger partial charge in [0.2, 0.25) is 5.91 Å². The van der Waals surface area contributed by atoms with Crippen LogP contribution in [-0.4, -0.2) is 31.5 Å². The van der Waals surface area contributed by atoms with Crippen LogP contribution < -0.4 is 5.32 Å². The topological polar surface area (TPSA) is 38.3 Å². The molecule has 0 aliphatic rings. The smallest absolute Gasteiger partial charge is 0.220 e. The highest BCUT2D eigenvalue weighted by Gasteiger charge is 1.98. The van der Waals surface area contributed by atoms with Crippen molar-refractivity contribution in [2.45, 2.75) is 32.6 Å². The predicted octanol–water partition coefficient (Wildman–Crippen LogP) is 1.94. The quantitative estimate of drug-likeness (QED) is 0.477. The Balaban J connectivity index is 3.07. The van der Waals surface area contributed by atoms with Gasteiger partial charge in [-0.1, -0.05) is 6.92 Å². The molecule has 0 aromatic heterocycles. The van der Waals surface area contributed by atoms with Crippen molar-refractivity contribution in [1.82, 2.24) is 5.32 Å². The zero-order valence-electron chi connectivity index (χ0n) is 8.85. The van der Waals surface area contributed by atoms with E-state index in [1.165, 1.54) is 0 Å². The molecule has 0 rings (SSSR count). The molecular formula is C10H20ClNO2. The van der Waals surface area contributed by atoms with Gasteiger partial charge in [0, 0.05) is 32.1 Å². The van der Waals surface area contributed by atoms with Crippen LogP contribution in [0.25, 0.3) is 0 Å². The summed E-state index contributed by atoms with van der Waals surface area (Å²) in [4.78, 5) is 11.1. The standard InChI is InChI=1S/C10H20ClNO2/c1-2-8-14-9-4-7-12-10(13)5-3-6-11/h2-9H2,1H3,(H,12,13). The van der Waals surface area contributed by atoms with Gasteiger partial charge in [0.25, 0.3) is 0 Å². The van der Waals surface area contributed by atoms with Crippen LogP contribution in [0.2, 0.25) is 0 Å². The Bertz CT molecular complexity index is 142. The molecule has 0 aromatic carbocycles. The third-order valence-corrected chi connectivity index (χ3v) is 1.94. The van der Waals surface area contributed by atoms with Crippen LogP contribution in [0.4, 0.5) is 0 Å². The summed E-state index contributed by atoms with van der Waals surface area (Å²) in [5, 5.41) is 2.82. The van der Waals surface area contributed by atoms with Crippen LogP contribution in [0, 0.1) is 0 Å². The lowest BCUT2D eigenvalue weighted by Crippen LogP contribution is -2.25. The third-order valence-electron chi connectivity index (χ3n) is 1.67. The molecule has 0 fully saturated rings. The molecule has 3 nitrogen and oxygen atoms in total. The minimum Gasteiger partial charge on any atom is -0.381 e. The maximum absolute atomic E-state index is 11.1. The Morgan fingerprint density at radius 3 is 2.79 bits per heavy atom. The maximum Gasteiger partial charge on any atom is 0.220 e. The number of carbonyl (C=O) groups is 1. The average Bonchev–Trinajstić information content (AvgIpc) is 2.20. The summed E-state index contributed by atoms with van der Waals surface area (Å²) in [6, 6.07) is 0. The van der Waals surface area contributed by atoms with Crippen LogP contribution in [0.5, 0.6) is 0 Å². The van der Waals surface area contributed by atoms with Gasteiger partial charge >= 0.3 is 0 Å². The Kier molecular flexibility index (Phi) is 10.6. The molecule has 0 saturated heterocycles. The first kappa shape index (κ1) is 13.7. The fourth-order valence-electron chi connectivity index (χ4n) is 0.964. The van der Waals surface area contributed by atoms with Gasteiger partial charge in [0.05, 0.1) is 0 Å². The fraction of sp³-hybridized carbons (Fsp3) is 0.900. The van der Waals surface area contributed by atoms with Crippen LogP contribution in [0.1, 0.15) is 32.6 Å². The van der Waals surface area contributed by atoms with Crippen molar-refractivity contribution in [2.24, 2.45) is 0 Å². The van der Waals surface area contributed by atoms with Crippen molar-refractivity contribution < 1.29 is 9.53 Å². The summed E-state index contributed by atoms with van der Waals surface area (Å²) in [6.45, 7) is 4.31. The van der Waals surface area contributed by atoms with Crippen molar-refractivity contribution in [2.75, 3.05) is 25.6 Å². The number of rotatable bonds is 9. The van der Waals surface area contributed by atoms with Crippen molar-refractivity contribution in [3.8, 4) is 0 Å². The van der Waals surface area contributed by atoms with Gasteiger partial charge in [-0.3, -0.25) is 4.79 Å². The van der Waals surface area contributed by atoms with E-state index in [1.807, 2.05) is 0 Å². The van der Waals surface area contributed by atoms with E-state index in [0.29, 0.717) is 18.8 Å². The van der Waals surface area contributed by atoms with E-state index in [1.54, 1.807) is 0 Å². The van der Waals surface area contributed by atoms with E-state index in [2.05, 4.69) is 12.2 Å². The second kappa shape index (κ2) is 10.8. The van der Waals surface area contributed by atoms with E-state index >= 15 is 0 Å². The van der Waals surface area contributed by atoms with Crippen LogP contribution in [-0.2, 0) is 9.53 Å². The zero-order valence-corrected chi connectivity index (χ0v) is 9.61. The Morgan fingerprint density at radius 2 is 2.14 bits per heavy atom. The number of alkyl halides is 1. The second-order valence-corrected chi connectivity index (χ2v) is 3.49. The van der Waals surface area contributed by atoms with Gasteiger partial charge in [-0.25, -0.2) is 0 Å². The summed E-state index contributed by atoms with van der Waals surface area (Å²) in [6.07, 6.45) is 3.20. The molecule has 0 radical (unpaired) electrons. The molecule has 1 N–H and O–H groups in total. The van der Waals surface area contributed by atoms with Crippen molar-refractivity contribution in [3.05, 3.63) is 0 Å². The highest BCUT2D eigenvalue weighted by atomic mass is 35.5. The van der Waals surface area contributed by atoms with Crippen molar-refractivity contribution in [3.63, 3.8) is 0 Å². The number of nitrogens with one attached hydrogen (secondary N) is 1. The summed E-state index contributed by atoms with van der Waals surface area (Å²) in [5.41, 5.74) is 0. The summed E-state index contributed by atoms with van der Waals surface area (Å²) in [7, 11) is 0. The molecule has 0 atom stereocenters. The molecule has 0 aliphatic carbocycles. The number of hydrogen-bond acceptors (Lipinski definition) is 2. The largest absolute Gasteiger partial charge is 0.381 e. The highest BCUT2D eigenvalue weighted by Crippen LogP contribution is 1.91. The molecule has 14 heavy (non-hydrogen) atoms. The Hall–Kier alpha value is -0.280. The van der Waals surface area contributed by atoms with E-state index in [9.17, 15) is 4.79 Å². The third kappa shape index (κ3) is 9.81. The van der Waals surface area contributed by atoms with E-state index in [4.69, 9.17) is 16.3 Å². The molecule has 0 heterocycles. The highest BCUT2D eigenvalue weighted by molar-refractivity contribution is 6.17. The number of amides is 1. The minimum atomic E-state index is 0.0844. The van der Waals surface area contributed by atoms with Crippen molar-refractivity contribution >= 4 is 17.5 Å². The van der Waals surface area contributed by atoms with Gasteiger partial charge in [-0.05, 0) is 19.3 Å². The normalized spacial score (nSPS) is 10.1. The van der Waals surface area contributed by atoms with E-state index in [-0.39, 0.29) is 5.91 Å². The molecule has 0 bridgehead atoms. The average molecular weight is 222 g/mol. The van der Waals surface area contributed by atoms with Gasteiger partial charge < -0.3 is 10.1 Å². The van der Waals surface area contributed by atoms with E-state index < -0.39 is 0 Å².